The van der Waals surface area contributed by atoms with Crippen molar-refractivity contribution in [1.82, 2.24) is 0 Å². The van der Waals surface area contributed by atoms with Gasteiger partial charge in [0.15, 0.2) is 0 Å². The fraction of sp³-hybridized carbons (Fsp3) is 1.00. The first-order valence-corrected chi connectivity index (χ1v) is 7.73. The van der Waals surface area contributed by atoms with E-state index in [-0.39, 0.29) is 5.01 Å². The maximum atomic E-state index is 5.70. The normalized spacial score (nSPS) is 15.4. The van der Waals surface area contributed by atoms with Gasteiger partial charge in [-0.15, -0.1) is 0 Å². The monoisotopic (exact) mass is 292 g/mol. The molecule has 16 heavy (non-hydrogen) atoms. The molecule has 0 radical (unpaired) electrons. The van der Waals surface area contributed by atoms with Crippen molar-refractivity contribution in [3.05, 3.63) is 0 Å². The fourth-order valence-corrected chi connectivity index (χ4v) is 2.37. The molecule has 2 heteroatoms. The molecule has 0 aliphatic heterocycles. The molecule has 0 rings (SSSR count). The molecule has 0 heterocycles. The first-order chi connectivity index (χ1) is 7.56. The average molecular weight is 293 g/mol. The van der Waals surface area contributed by atoms with Gasteiger partial charge in [-0.25, -0.2) is 0 Å². The van der Waals surface area contributed by atoms with Crippen LogP contribution in [0.3, 0.4) is 0 Å². The Morgan fingerprint density at radius 2 is 1.69 bits per heavy atom. The molecule has 0 aliphatic carbocycles. The summed E-state index contributed by atoms with van der Waals surface area (Å²) in [6.07, 6.45) is 7.57. The van der Waals surface area contributed by atoms with Crippen LogP contribution in [-0.2, 0) is 4.74 Å². The van der Waals surface area contributed by atoms with Crippen LogP contribution in [0.4, 0.5) is 0 Å². The van der Waals surface area contributed by atoms with Gasteiger partial charge in [0.25, 0.3) is 0 Å². The van der Waals surface area contributed by atoms with Crippen molar-refractivity contribution >= 4 is 15.9 Å². The maximum absolute atomic E-state index is 5.70. The molecule has 0 aromatic carbocycles. The second-order valence-electron chi connectivity index (χ2n) is 5.29. The van der Waals surface area contributed by atoms with Gasteiger partial charge in [0, 0.05) is 6.61 Å². The quantitative estimate of drug-likeness (QED) is 0.492. The fourth-order valence-electron chi connectivity index (χ4n) is 1.73. The van der Waals surface area contributed by atoms with Crippen LogP contribution in [0.15, 0.2) is 0 Å². The van der Waals surface area contributed by atoms with Gasteiger partial charge in [-0.2, -0.15) is 0 Å². The summed E-state index contributed by atoms with van der Waals surface area (Å²) in [5.41, 5.74) is 0. The third kappa shape index (κ3) is 10.9. The van der Waals surface area contributed by atoms with Crippen molar-refractivity contribution in [2.24, 2.45) is 11.8 Å². The van der Waals surface area contributed by atoms with E-state index >= 15 is 0 Å². The van der Waals surface area contributed by atoms with Crippen molar-refractivity contribution in [3.8, 4) is 0 Å². The predicted octanol–water partition coefficient (Wildman–Crippen LogP) is 5.38. The topological polar surface area (TPSA) is 9.23 Å². The summed E-state index contributed by atoms with van der Waals surface area (Å²) in [7, 11) is 0. The summed E-state index contributed by atoms with van der Waals surface area (Å²) < 4.78 is 5.70. The number of hydrogen-bond acceptors (Lipinski definition) is 1. The molecule has 1 nitrogen and oxygen atoms in total. The van der Waals surface area contributed by atoms with Crippen LogP contribution in [0.2, 0.25) is 0 Å². The largest absolute Gasteiger partial charge is 0.367 e. The van der Waals surface area contributed by atoms with Gasteiger partial charge < -0.3 is 4.74 Å². The standard InChI is InChI=1S/C14H29BrO/c1-5-7-14(15)16-11-10-13(4)9-6-8-12(2)3/h12-14H,5-11H2,1-4H3. The lowest BCUT2D eigenvalue weighted by atomic mass is 9.98. The van der Waals surface area contributed by atoms with Crippen molar-refractivity contribution in [1.29, 1.82) is 0 Å². The van der Waals surface area contributed by atoms with Gasteiger partial charge in [-0.1, -0.05) is 69.3 Å². The smallest absolute Gasteiger partial charge is 0.112 e. The highest BCUT2D eigenvalue weighted by atomic mass is 79.9. The van der Waals surface area contributed by atoms with Crippen LogP contribution in [0.1, 0.15) is 66.2 Å². The number of halogens is 1. The van der Waals surface area contributed by atoms with E-state index in [0.29, 0.717) is 0 Å². The molecule has 0 saturated heterocycles. The van der Waals surface area contributed by atoms with Crippen LogP contribution in [0, 0.1) is 11.8 Å². The number of alkyl halides is 1. The zero-order valence-corrected chi connectivity index (χ0v) is 13.1. The molecule has 0 N–H and O–H groups in total. The Bertz CT molecular complexity index is 148. The highest BCUT2D eigenvalue weighted by Gasteiger charge is 2.06. The SMILES string of the molecule is CCCC(Br)OCCC(C)CCCC(C)C. The van der Waals surface area contributed by atoms with Gasteiger partial charge in [-0.05, 0) is 24.7 Å². The van der Waals surface area contributed by atoms with E-state index < -0.39 is 0 Å². The van der Waals surface area contributed by atoms with Gasteiger partial charge >= 0.3 is 0 Å². The minimum Gasteiger partial charge on any atom is -0.367 e. The lowest BCUT2D eigenvalue weighted by Gasteiger charge is -2.14. The van der Waals surface area contributed by atoms with Gasteiger partial charge in [-0.3, -0.25) is 0 Å². The summed E-state index contributed by atoms with van der Waals surface area (Å²) in [4.78, 5) is 0. The van der Waals surface area contributed by atoms with E-state index in [0.717, 1.165) is 24.9 Å². The molecule has 2 unspecified atom stereocenters. The van der Waals surface area contributed by atoms with E-state index in [9.17, 15) is 0 Å². The zero-order chi connectivity index (χ0) is 12.4. The van der Waals surface area contributed by atoms with Crippen LogP contribution in [0.5, 0.6) is 0 Å². The third-order valence-corrected chi connectivity index (χ3v) is 3.63. The second-order valence-corrected chi connectivity index (χ2v) is 6.31. The Morgan fingerprint density at radius 3 is 2.25 bits per heavy atom. The van der Waals surface area contributed by atoms with Crippen molar-refractivity contribution < 1.29 is 4.74 Å². The maximum Gasteiger partial charge on any atom is 0.112 e. The Hall–Kier alpha value is 0.440. The van der Waals surface area contributed by atoms with Crippen LogP contribution < -0.4 is 0 Å². The van der Waals surface area contributed by atoms with E-state index in [1.807, 2.05) is 0 Å². The first-order valence-electron chi connectivity index (χ1n) is 6.81. The average Bonchev–Trinajstić information content (AvgIpc) is 2.17. The Morgan fingerprint density at radius 1 is 1.00 bits per heavy atom. The number of rotatable bonds is 10. The molecular formula is C14H29BrO. The lowest BCUT2D eigenvalue weighted by molar-refractivity contribution is 0.0989. The minimum absolute atomic E-state index is 0.264. The summed E-state index contributed by atoms with van der Waals surface area (Å²) in [6.45, 7) is 10.0. The zero-order valence-electron chi connectivity index (χ0n) is 11.5. The summed E-state index contributed by atoms with van der Waals surface area (Å²) in [6, 6.07) is 0. The molecular weight excluding hydrogens is 264 g/mol. The second kappa shape index (κ2) is 10.6. The molecule has 0 fully saturated rings. The Balaban J connectivity index is 3.32. The van der Waals surface area contributed by atoms with Crippen LogP contribution in [-0.4, -0.2) is 11.6 Å². The summed E-state index contributed by atoms with van der Waals surface area (Å²) in [5, 5.41) is 0.264. The predicted molar refractivity (Wildman–Crippen MR) is 76.0 cm³/mol. The molecule has 0 amide bonds. The van der Waals surface area contributed by atoms with Crippen LogP contribution >= 0.6 is 15.9 Å². The van der Waals surface area contributed by atoms with Crippen molar-refractivity contribution in [2.75, 3.05) is 6.61 Å². The highest BCUT2D eigenvalue weighted by Crippen LogP contribution is 2.16. The van der Waals surface area contributed by atoms with Crippen molar-refractivity contribution in [3.63, 3.8) is 0 Å². The summed E-state index contributed by atoms with van der Waals surface area (Å²) >= 11 is 3.54. The Kier molecular flexibility index (Phi) is 10.9. The molecule has 0 spiro atoms. The molecule has 0 saturated carbocycles. The van der Waals surface area contributed by atoms with Gasteiger partial charge in [0.2, 0.25) is 0 Å². The van der Waals surface area contributed by atoms with Crippen LogP contribution in [0.25, 0.3) is 0 Å². The van der Waals surface area contributed by atoms with E-state index in [4.69, 9.17) is 4.74 Å². The number of ether oxygens (including phenoxy) is 1. The molecule has 2 atom stereocenters. The van der Waals surface area contributed by atoms with Gasteiger partial charge in [0.1, 0.15) is 5.01 Å². The summed E-state index contributed by atoms with van der Waals surface area (Å²) in [5.74, 6) is 1.65. The van der Waals surface area contributed by atoms with Crippen molar-refractivity contribution in [2.45, 2.75) is 71.2 Å². The van der Waals surface area contributed by atoms with E-state index in [1.54, 1.807) is 0 Å². The molecule has 0 aliphatic rings. The van der Waals surface area contributed by atoms with E-state index in [2.05, 4.69) is 43.6 Å². The first kappa shape index (κ1) is 16.4. The third-order valence-electron chi connectivity index (χ3n) is 2.90. The van der Waals surface area contributed by atoms with E-state index in [1.165, 1.54) is 32.1 Å². The molecule has 98 valence electrons. The Labute approximate surface area is 110 Å². The highest BCUT2D eigenvalue weighted by molar-refractivity contribution is 9.09. The molecule has 0 bridgehead atoms. The molecule has 0 aromatic rings. The minimum atomic E-state index is 0.264. The lowest BCUT2D eigenvalue weighted by Crippen LogP contribution is -2.08. The number of hydrogen-bond donors (Lipinski definition) is 0. The van der Waals surface area contributed by atoms with Gasteiger partial charge in [0.05, 0.1) is 0 Å². The molecule has 0 aromatic heterocycles.